The van der Waals surface area contributed by atoms with E-state index in [-0.39, 0.29) is 35.9 Å². The zero-order valence-corrected chi connectivity index (χ0v) is 20.9. The number of rotatable bonds is 5. The molecule has 3 fully saturated rings. The minimum Gasteiger partial charge on any atom is -0.393 e. The second-order valence-electron chi connectivity index (χ2n) is 12.9. The van der Waals surface area contributed by atoms with Crippen molar-refractivity contribution in [1.82, 2.24) is 0 Å². The second-order valence-corrected chi connectivity index (χ2v) is 12.9. The molecule has 0 spiro atoms. The average molecular weight is 465 g/mol. The Morgan fingerprint density at radius 1 is 1.12 bits per heavy atom. The number of aliphatic hydroxyl groups is 5. The molecule has 6 nitrogen and oxygen atoms in total. The summed E-state index contributed by atoms with van der Waals surface area (Å²) in [6.45, 7) is 9.74. The summed E-state index contributed by atoms with van der Waals surface area (Å²) in [5.74, 6) is -0.264. The van der Waals surface area contributed by atoms with Gasteiger partial charge in [-0.1, -0.05) is 20.8 Å². The smallest absolute Gasteiger partial charge is 0.159 e. The van der Waals surface area contributed by atoms with Crippen LogP contribution in [0.15, 0.2) is 11.6 Å². The molecular weight excluding hydrogens is 420 g/mol. The lowest BCUT2D eigenvalue weighted by Gasteiger charge is -2.60. The number of aliphatic hydroxyl groups excluding tert-OH is 3. The topological polar surface area (TPSA) is 118 Å². The van der Waals surface area contributed by atoms with Crippen molar-refractivity contribution in [2.75, 3.05) is 0 Å². The quantitative estimate of drug-likeness (QED) is 0.427. The van der Waals surface area contributed by atoms with Gasteiger partial charge in [-0.05, 0) is 100 Å². The molecule has 0 amide bonds. The van der Waals surface area contributed by atoms with Gasteiger partial charge in [0.2, 0.25) is 0 Å². The molecule has 3 saturated carbocycles. The van der Waals surface area contributed by atoms with Crippen molar-refractivity contribution in [3.63, 3.8) is 0 Å². The van der Waals surface area contributed by atoms with E-state index >= 15 is 0 Å². The summed E-state index contributed by atoms with van der Waals surface area (Å²) < 4.78 is 0. The number of carbonyl (C=O) groups excluding carboxylic acids is 1. The third-order valence-corrected chi connectivity index (χ3v) is 10.5. The number of hydrogen-bond acceptors (Lipinski definition) is 6. The fourth-order valence-electron chi connectivity index (χ4n) is 8.29. The van der Waals surface area contributed by atoms with Gasteiger partial charge in [-0.3, -0.25) is 4.79 Å². The van der Waals surface area contributed by atoms with Crippen LogP contribution in [-0.4, -0.2) is 60.8 Å². The molecule has 0 aromatic carbocycles. The Kier molecular flexibility index (Phi) is 6.23. The highest BCUT2D eigenvalue weighted by molar-refractivity contribution is 5.95. The van der Waals surface area contributed by atoms with Crippen LogP contribution in [0.3, 0.4) is 0 Å². The number of allylic oxidation sites excluding steroid dienone is 1. The first-order valence-electron chi connectivity index (χ1n) is 12.9. The SMILES string of the molecule is C[C@@H]([C@H]1CC[C@@]2(O)C3=CC(=O)C4C[C@@H](O)[C@@H](O)C[C@]4(C)[C@H]3CC[C@]12C)[C@@H](O)CCC(C)(C)O. The molecule has 5 N–H and O–H groups in total. The van der Waals surface area contributed by atoms with Crippen LogP contribution in [0.2, 0.25) is 0 Å². The second kappa shape index (κ2) is 8.12. The van der Waals surface area contributed by atoms with Gasteiger partial charge >= 0.3 is 0 Å². The minimum absolute atomic E-state index is 0.00888. The largest absolute Gasteiger partial charge is 0.393 e. The zero-order chi connectivity index (χ0) is 24.6. The minimum atomic E-state index is -1.10. The molecule has 0 bridgehead atoms. The fraction of sp³-hybridized carbons (Fsp3) is 0.889. The van der Waals surface area contributed by atoms with E-state index in [1.807, 2.05) is 0 Å². The van der Waals surface area contributed by atoms with Crippen LogP contribution in [-0.2, 0) is 4.79 Å². The molecule has 0 aromatic heterocycles. The van der Waals surface area contributed by atoms with Crippen LogP contribution < -0.4 is 0 Å². The highest BCUT2D eigenvalue weighted by Crippen LogP contribution is 2.68. The Morgan fingerprint density at radius 3 is 2.42 bits per heavy atom. The van der Waals surface area contributed by atoms with Crippen LogP contribution in [0.5, 0.6) is 0 Å². The highest BCUT2D eigenvalue weighted by atomic mass is 16.3. The lowest BCUT2D eigenvalue weighted by molar-refractivity contribution is -0.154. The summed E-state index contributed by atoms with van der Waals surface area (Å²) in [5, 5.41) is 53.9. The summed E-state index contributed by atoms with van der Waals surface area (Å²) in [6.07, 6.45) is 4.06. The lowest BCUT2D eigenvalue weighted by Crippen LogP contribution is -2.61. The first-order chi connectivity index (χ1) is 15.1. The molecule has 1 unspecified atom stereocenters. The number of fused-ring (bicyclic) bond motifs is 5. The van der Waals surface area contributed by atoms with Gasteiger partial charge in [0.1, 0.15) is 0 Å². The molecule has 188 valence electrons. The van der Waals surface area contributed by atoms with Gasteiger partial charge < -0.3 is 25.5 Å². The average Bonchev–Trinajstić information content (AvgIpc) is 2.99. The van der Waals surface area contributed by atoms with Crippen molar-refractivity contribution in [1.29, 1.82) is 0 Å². The maximum atomic E-state index is 13.2. The predicted molar refractivity (Wildman–Crippen MR) is 125 cm³/mol. The summed E-state index contributed by atoms with van der Waals surface area (Å²) in [6, 6.07) is 0. The molecule has 4 aliphatic carbocycles. The molecule has 4 aliphatic rings. The lowest BCUT2D eigenvalue weighted by atomic mass is 9.46. The molecule has 6 heteroatoms. The highest BCUT2D eigenvalue weighted by Gasteiger charge is 2.67. The summed E-state index contributed by atoms with van der Waals surface area (Å²) in [4.78, 5) is 13.2. The zero-order valence-electron chi connectivity index (χ0n) is 20.9. The van der Waals surface area contributed by atoms with Gasteiger partial charge in [-0.15, -0.1) is 0 Å². The summed E-state index contributed by atoms with van der Waals surface area (Å²) >= 11 is 0. The normalized spacial score (nSPS) is 47.3. The maximum absolute atomic E-state index is 13.2. The Bertz CT molecular complexity index is 816. The predicted octanol–water partition coefficient (Wildman–Crippen LogP) is 2.74. The molecule has 0 aliphatic heterocycles. The molecule has 4 rings (SSSR count). The Morgan fingerprint density at radius 2 is 1.79 bits per heavy atom. The van der Waals surface area contributed by atoms with Crippen molar-refractivity contribution in [3.8, 4) is 0 Å². The molecule has 10 atom stereocenters. The maximum Gasteiger partial charge on any atom is 0.159 e. The molecular formula is C27H44O6. The molecule has 0 aromatic rings. The van der Waals surface area contributed by atoms with Crippen LogP contribution in [0.4, 0.5) is 0 Å². The van der Waals surface area contributed by atoms with E-state index in [0.29, 0.717) is 25.7 Å². The fourth-order valence-corrected chi connectivity index (χ4v) is 8.29. The van der Waals surface area contributed by atoms with Gasteiger partial charge in [0.15, 0.2) is 5.78 Å². The van der Waals surface area contributed by atoms with E-state index in [4.69, 9.17) is 0 Å². The number of hydrogen-bond donors (Lipinski definition) is 5. The van der Waals surface area contributed by atoms with Gasteiger partial charge in [0.25, 0.3) is 0 Å². The summed E-state index contributed by atoms with van der Waals surface area (Å²) in [7, 11) is 0. The first-order valence-corrected chi connectivity index (χ1v) is 12.9. The van der Waals surface area contributed by atoms with Gasteiger partial charge in [-0.2, -0.15) is 0 Å². The molecule has 33 heavy (non-hydrogen) atoms. The Hall–Kier alpha value is -0.790. The standard InChI is InChI=1S/C27H44O6/c1-15(20(28)8-9-24(2,3)32)16-7-11-27(33)18-12-21(29)19-13-22(30)23(31)14-25(19,4)17(18)6-10-26(16,27)5/h12,15-17,19-20,22-23,28,30-33H,6-11,13-14H2,1-5H3/t15-,16+,17-,19?,20-,22+,23-,25+,26+,27+/m0/s1. The van der Waals surface area contributed by atoms with E-state index in [9.17, 15) is 30.3 Å². The van der Waals surface area contributed by atoms with E-state index in [1.165, 1.54) is 0 Å². The summed E-state index contributed by atoms with van der Waals surface area (Å²) in [5.41, 5.74) is -2.01. The third-order valence-electron chi connectivity index (χ3n) is 10.5. The van der Waals surface area contributed by atoms with Crippen LogP contribution in [0.25, 0.3) is 0 Å². The van der Waals surface area contributed by atoms with Crippen molar-refractivity contribution in [2.24, 2.45) is 34.5 Å². The molecule has 0 saturated heterocycles. The van der Waals surface area contributed by atoms with Gasteiger partial charge in [-0.25, -0.2) is 0 Å². The van der Waals surface area contributed by atoms with Crippen LogP contribution in [0.1, 0.15) is 86.0 Å². The first kappa shape index (κ1) is 25.3. The van der Waals surface area contributed by atoms with Crippen molar-refractivity contribution < 1.29 is 30.3 Å². The van der Waals surface area contributed by atoms with E-state index < -0.39 is 40.3 Å². The van der Waals surface area contributed by atoms with Crippen LogP contribution >= 0.6 is 0 Å². The Balaban J connectivity index is 1.62. The van der Waals surface area contributed by atoms with E-state index in [2.05, 4.69) is 20.8 Å². The van der Waals surface area contributed by atoms with Crippen LogP contribution in [0, 0.1) is 34.5 Å². The van der Waals surface area contributed by atoms with Gasteiger partial charge in [0, 0.05) is 11.3 Å². The van der Waals surface area contributed by atoms with Crippen molar-refractivity contribution >= 4 is 5.78 Å². The Labute approximate surface area is 198 Å². The van der Waals surface area contributed by atoms with E-state index in [0.717, 1.165) is 24.8 Å². The van der Waals surface area contributed by atoms with Gasteiger partial charge in [0.05, 0.1) is 29.5 Å². The monoisotopic (exact) mass is 464 g/mol. The third kappa shape index (κ3) is 3.85. The number of ketones is 1. The van der Waals surface area contributed by atoms with E-state index in [1.54, 1.807) is 19.9 Å². The molecule has 0 heterocycles. The molecule has 0 radical (unpaired) electrons. The number of carbonyl (C=O) groups is 1. The van der Waals surface area contributed by atoms with Crippen molar-refractivity contribution in [3.05, 3.63) is 11.6 Å². The van der Waals surface area contributed by atoms with Crippen molar-refractivity contribution in [2.45, 2.75) is 115 Å².